The predicted octanol–water partition coefficient (Wildman–Crippen LogP) is 5.85. The van der Waals surface area contributed by atoms with Crippen LogP contribution in [-0.4, -0.2) is 115 Å². The molecule has 0 radical (unpaired) electrons. The Morgan fingerprint density at radius 3 is 1.46 bits per heavy atom. The number of aromatic nitrogens is 2. The lowest BCUT2D eigenvalue weighted by molar-refractivity contribution is 0.340. The lowest BCUT2D eigenvalue weighted by atomic mass is 10.1. The van der Waals surface area contributed by atoms with E-state index in [1.165, 1.54) is 0 Å². The molecule has 25 heteroatoms. The van der Waals surface area contributed by atoms with E-state index in [0.717, 1.165) is 10.9 Å². The largest absolute Gasteiger partial charge is 0.582 e. The molecule has 0 amide bonds. The van der Waals surface area contributed by atoms with Gasteiger partial charge < -0.3 is 8.23 Å². The van der Waals surface area contributed by atoms with Gasteiger partial charge in [-0.25, -0.2) is 30.0 Å². The first-order valence-corrected chi connectivity index (χ1v) is 36.3. The Kier molecular flexibility index (Phi) is 11.8. The molecule has 4 aromatic carbocycles. The maximum atomic E-state index is 14.1. The first-order valence-electron chi connectivity index (χ1n) is 21.9. The Morgan fingerprint density at radius 2 is 0.957 bits per heavy atom. The number of hydrogen-bond donors (Lipinski definition) is 2. The standard InChI is InChI=1S/C44H46N8O10S4Si3/c1-67(2,3)61-69(62-68(4,5)6)51-41-32-15-9-10-16-33(32)42(51)48-39-31-19-17-27(63(53)21-11-23-65(55,56)57)25-35(31)40(46-39)50-43-34-20-18-28(64(54)22-12-24-66(58,59)60)26-36(34)44(52(43)69)49-38-30-14-8-7-13-29(30)37(45-38)47-41/h7-10,13-20,25-26H,11-12,21-24H2,1-6H3,(H,55,56,57)(H,58,59,60). The van der Waals surface area contributed by atoms with Crippen molar-refractivity contribution in [3.63, 3.8) is 0 Å². The molecule has 0 fully saturated rings. The maximum absolute atomic E-state index is 14.1. The Labute approximate surface area is 405 Å². The Morgan fingerprint density at radius 1 is 0.522 bits per heavy atom. The van der Waals surface area contributed by atoms with Gasteiger partial charge in [-0.15, -0.1) is 0 Å². The van der Waals surface area contributed by atoms with Crippen molar-refractivity contribution in [3.8, 4) is 0 Å². The Bertz CT molecular complexity index is 3760. The van der Waals surface area contributed by atoms with Crippen LogP contribution in [0.4, 0.5) is 11.6 Å². The van der Waals surface area contributed by atoms with E-state index in [0.29, 0.717) is 82.8 Å². The van der Waals surface area contributed by atoms with Crippen molar-refractivity contribution in [1.29, 1.82) is 0 Å². The molecule has 6 bridgehead atoms. The van der Waals surface area contributed by atoms with Gasteiger partial charge in [0, 0.05) is 65.1 Å². The van der Waals surface area contributed by atoms with Gasteiger partial charge in [-0.3, -0.25) is 26.0 Å². The van der Waals surface area contributed by atoms with Crippen LogP contribution in [-0.2, 0) is 50.1 Å². The van der Waals surface area contributed by atoms with Crippen LogP contribution < -0.4 is 11.0 Å². The summed E-state index contributed by atoms with van der Waals surface area (Å²) in [4.78, 5) is 32.8. The van der Waals surface area contributed by atoms with E-state index in [2.05, 4.69) is 39.3 Å². The van der Waals surface area contributed by atoms with Crippen molar-refractivity contribution in [2.75, 3.05) is 23.0 Å². The minimum atomic E-state index is -4.47. The fourth-order valence-corrected chi connectivity index (χ4v) is 22.7. The summed E-state index contributed by atoms with van der Waals surface area (Å²) in [6.45, 7) is 12.5. The molecule has 69 heavy (non-hydrogen) atoms. The van der Waals surface area contributed by atoms with Gasteiger partial charge in [-0.05, 0) is 88.5 Å². The van der Waals surface area contributed by atoms with Crippen molar-refractivity contribution in [2.45, 2.75) is 61.9 Å². The third-order valence-electron chi connectivity index (χ3n) is 11.3. The molecule has 4 aliphatic rings. The van der Waals surface area contributed by atoms with Crippen molar-refractivity contribution in [3.05, 3.63) is 118 Å². The minimum Gasteiger partial charge on any atom is -0.404 e. The zero-order valence-electron chi connectivity index (χ0n) is 38.2. The highest BCUT2D eigenvalue weighted by Crippen LogP contribution is 2.45. The molecule has 2 aromatic heterocycles. The average Bonchev–Trinajstić information content (AvgIpc) is 3.97. The molecular weight excluding hydrogens is 1010 g/mol. The normalized spacial score (nSPS) is 16.9. The van der Waals surface area contributed by atoms with Gasteiger partial charge >= 0.3 is 8.88 Å². The molecule has 2 atom stereocenters. The van der Waals surface area contributed by atoms with Crippen molar-refractivity contribution in [1.82, 2.24) is 8.47 Å². The van der Waals surface area contributed by atoms with Crippen molar-refractivity contribution < 1.29 is 42.6 Å². The zero-order valence-corrected chi connectivity index (χ0v) is 44.5. The SMILES string of the molecule is C[Si](C)(C)O[Si]1(O[Si](C)(C)C)n2c3c4ccc(S(=O)CCCS(=O)(=O)O)cc4c2N=C2N=C(N=c4c5ccccc5c(n41)=NC1=NC(=N3)c3cc(S(=O)CCCS(=O)(=O)O)ccc31)c1ccccc12. The molecule has 18 nitrogen and oxygen atoms in total. The first kappa shape index (κ1) is 47.6. The third-order valence-corrected chi connectivity index (χ3v) is 24.8. The van der Waals surface area contributed by atoms with Crippen molar-refractivity contribution in [2.24, 2.45) is 30.0 Å². The second-order valence-corrected chi connectivity index (χ2v) is 37.2. The topological polar surface area (TPSA) is 245 Å². The highest BCUT2D eigenvalue weighted by molar-refractivity contribution is 7.86. The van der Waals surface area contributed by atoms with Gasteiger partial charge in [0.25, 0.3) is 20.2 Å². The second kappa shape index (κ2) is 17.1. The third kappa shape index (κ3) is 9.02. The molecular formula is C44H46N8O10S4Si3. The van der Waals surface area contributed by atoms with E-state index in [4.69, 9.17) is 38.2 Å². The van der Waals surface area contributed by atoms with Gasteiger partial charge in [0.1, 0.15) is 22.6 Å². The number of aliphatic imine (C=N–C) groups is 4. The van der Waals surface area contributed by atoms with E-state index in [1.54, 1.807) is 36.4 Å². The van der Waals surface area contributed by atoms with E-state index < -0.39 is 78.9 Å². The van der Waals surface area contributed by atoms with Gasteiger partial charge in [-0.1, -0.05) is 48.5 Å². The molecule has 0 aliphatic carbocycles. The summed E-state index contributed by atoms with van der Waals surface area (Å²) in [7, 11) is -22.0. The monoisotopic (exact) mass is 1060 g/mol. The lowest BCUT2D eigenvalue weighted by Gasteiger charge is -2.41. The summed E-state index contributed by atoms with van der Waals surface area (Å²) in [5, 5.41) is 2.50. The molecule has 10 rings (SSSR count). The summed E-state index contributed by atoms with van der Waals surface area (Å²) in [6, 6.07) is 25.9. The second-order valence-electron chi connectivity index (χ2n) is 18.8. The molecule has 6 aromatic rings. The van der Waals surface area contributed by atoms with Gasteiger partial charge in [0.05, 0.1) is 33.1 Å². The van der Waals surface area contributed by atoms with E-state index in [1.807, 2.05) is 57.0 Å². The van der Waals surface area contributed by atoms with Crippen LogP contribution >= 0.6 is 0 Å². The van der Waals surface area contributed by atoms with E-state index in [9.17, 15) is 34.4 Å². The molecule has 4 aliphatic heterocycles. The van der Waals surface area contributed by atoms with Crippen molar-refractivity contribution >= 4 is 124 Å². The van der Waals surface area contributed by atoms with Gasteiger partial charge in [-0.2, -0.15) is 16.8 Å². The van der Waals surface area contributed by atoms with Gasteiger partial charge in [0.2, 0.25) is 0 Å². The quantitative estimate of drug-likeness (QED) is 0.0974. The van der Waals surface area contributed by atoms with Crippen LogP contribution in [0.1, 0.15) is 35.1 Å². The summed E-state index contributed by atoms with van der Waals surface area (Å²) in [5.74, 6) is 0.751. The number of nitrogens with zero attached hydrogens (tertiary/aromatic N) is 8. The summed E-state index contributed by atoms with van der Waals surface area (Å²) >= 11 is 0. The number of hydrogen-bond acceptors (Lipinski definition) is 14. The van der Waals surface area contributed by atoms with Crippen LogP contribution in [0.3, 0.4) is 0 Å². The fourth-order valence-electron chi connectivity index (χ4n) is 8.76. The van der Waals surface area contributed by atoms with Crippen LogP contribution in [0, 0.1) is 0 Å². The van der Waals surface area contributed by atoms with Crippen LogP contribution in [0.15, 0.2) is 125 Å². The van der Waals surface area contributed by atoms with E-state index in [-0.39, 0.29) is 30.2 Å². The minimum absolute atomic E-state index is 0.0327. The molecule has 2 N–H and O–H groups in total. The number of rotatable bonds is 14. The summed E-state index contributed by atoms with van der Waals surface area (Å²) in [5.41, 5.74) is 3.45. The first-order chi connectivity index (χ1) is 32.5. The molecule has 0 saturated carbocycles. The summed E-state index contributed by atoms with van der Waals surface area (Å²) in [6.07, 6.45) is -0.0866. The molecule has 0 saturated heterocycles. The maximum Gasteiger partial charge on any atom is 0.582 e. The highest BCUT2D eigenvalue weighted by atomic mass is 32.2. The zero-order chi connectivity index (χ0) is 49.0. The molecule has 2 unspecified atom stereocenters. The summed E-state index contributed by atoms with van der Waals surface area (Å²) < 4.78 is 113. The van der Waals surface area contributed by atoms with Crippen LogP contribution in [0.2, 0.25) is 39.3 Å². The number of fused-ring (bicyclic) bond motifs is 14. The van der Waals surface area contributed by atoms with Crippen LogP contribution in [0.5, 0.6) is 0 Å². The smallest absolute Gasteiger partial charge is 0.404 e. The molecule has 358 valence electrons. The highest BCUT2D eigenvalue weighted by Gasteiger charge is 2.56. The number of benzene rings is 4. The van der Waals surface area contributed by atoms with Crippen LogP contribution in [0.25, 0.3) is 21.5 Å². The Balaban J connectivity index is 1.38. The Hall–Kier alpha value is -5.07. The predicted molar refractivity (Wildman–Crippen MR) is 275 cm³/mol. The van der Waals surface area contributed by atoms with Gasteiger partial charge in [0.15, 0.2) is 40.0 Å². The molecule has 6 heterocycles. The fraction of sp³-hybridized carbons (Fsp3) is 0.273. The van der Waals surface area contributed by atoms with E-state index >= 15 is 0 Å². The number of amidine groups is 4. The molecule has 0 spiro atoms. The lowest BCUT2D eigenvalue weighted by Crippen LogP contribution is -2.69. The average molecular weight is 1060 g/mol.